The number of rotatable bonds is 2. The monoisotopic (exact) mass is 417 g/mol. The van der Waals surface area contributed by atoms with Crippen LogP contribution in [0.1, 0.15) is 64.2 Å². The van der Waals surface area contributed by atoms with E-state index in [4.69, 9.17) is 0 Å². The molecule has 3 saturated carbocycles. The third kappa shape index (κ3) is 2.69. The third-order valence-electron chi connectivity index (χ3n) is 9.50. The second kappa shape index (κ2) is 6.75. The normalized spacial score (nSPS) is 40.4. The predicted molar refractivity (Wildman–Crippen MR) is 119 cm³/mol. The smallest absolute Gasteiger partial charge is 0.229 e. The zero-order valence-electron chi connectivity index (χ0n) is 18.4. The van der Waals surface area contributed by atoms with Gasteiger partial charge in [-0.1, -0.05) is 19.9 Å². The van der Waals surface area contributed by atoms with E-state index in [-0.39, 0.29) is 22.7 Å². The molecule has 0 spiro atoms. The molecule has 0 radical (unpaired) electrons. The standard InChI is InChI=1S/C25H31N5O/c1-24-10-7-18-16(3-6-20-25(18,2)11-8-22-27-13-14-30(20)22)17(24)4-5-19(24)23(31)29-21-9-12-26-15-28-21/h8-9,11-20H,3-7,10H2,1-2H3,(H,26,28,29,31)/t16-,17-,18-,19+,20?,24-,25+/m0/s1. The Morgan fingerprint density at radius 1 is 1.10 bits per heavy atom. The quantitative estimate of drug-likeness (QED) is 0.766. The Labute approximate surface area is 183 Å². The number of nitrogens with zero attached hydrogens (tertiary/aromatic N) is 4. The number of hydrogen-bond acceptors (Lipinski definition) is 4. The van der Waals surface area contributed by atoms with Gasteiger partial charge in [0.1, 0.15) is 18.0 Å². The van der Waals surface area contributed by atoms with Gasteiger partial charge in [-0.05, 0) is 73.8 Å². The first kappa shape index (κ1) is 19.2. The maximum absolute atomic E-state index is 13.2. The number of carbonyl (C=O) groups excluding carboxylic acids is 1. The highest BCUT2D eigenvalue weighted by Gasteiger charge is 2.61. The topological polar surface area (TPSA) is 72.7 Å². The van der Waals surface area contributed by atoms with E-state index >= 15 is 0 Å². The van der Waals surface area contributed by atoms with Crippen LogP contribution in [0.25, 0.3) is 6.08 Å². The number of aromatic nitrogens is 4. The Bertz CT molecular complexity index is 1030. The number of hydrogen-bond donors (Lipinski definition) is 1. The summed E-state index contributed by atoms with van der Waals surface area (Å²) in [5, 5.41) is 3.06. The van der Waals surface area contributed by atoms with Crippen molar-refractivity contribution in [1.82, 2.24) is 19.5 Å². The number of allylic oxidation sites excluding steroid dienone is 1. The van der Waals surface area contributed by atoms with Gasteiger partial charge in [0.15, 0.2) is 0 Å². The molecule has 3 aliphatic carbocycles. The molecule has 31 heavy (non-hydrogen) atoms. The summed E-state index contributed by atoms with van der Waals surface area (Å²) in [5.74, 6) is 3.93. The maximum Gasteiger partial charge on any atom is 0.229 e. The molecule has 3 heterocycles. The van der Waals surface area contributed by atoms with Crippen molar-refractivity contribution in [3.05, 3.63) is 42.9 Å². The lowest BCUT2D eigenvalue weighted by atomic mass is 9.48. The predicted octanol–water partition coefficient (Wildman–Crippen LogP) is 4.74. The molecular weight excluding hydrogens is 386 g/mol. The van der Waals surface area contributed by atoms with Crippen molar-refractivity contribution in [3.8, 4) is 0 Å². The van der Waals surface area contributed by atoms with Crippen molar-refractivity contribution >= 4 is 17.8 Å². The number of imidazole rings is 1. The lowest BCUT2D eigenvalue weighted by molar-refractivity contribution is -0.128. The van der Waals surface area contributed by atoms with Crippen LogP contribution < -0.4 is 5.32 Å². The first-order valence-electron chi connectivity index (χ1n) is 11.8. The lowest BCUT2D eigenvalue weighted by Crippen LogP contribution is -2.53. The van der Waals surface area contributed by atoms with Gasteiger partial charge in [0.25, 0.3) is 0 Å². The van der Waals surface area contributed by atoms with Crippen LogP contribution in [0.15, 0.2) is 37.1 Å². The van der Waals surface area contributed by atoms with Crippen LogP contribution in [0, 0.1) is 34.5 Å². The molecular formula is C25H31N5O. The minimum atomic E-state index is 0.0705. The molecule has 162 valence electrons. The molecule has 1 N–H and O–H groups in total. The van der Waals surface area contributed by atoms with Gasteiger partial charge in [0.05, 0.1) is 0 Å². The Hall–Kier alpha value is -2.50. The number of anilines is 1. The van der Waals surface area contributed by atoms with E-state index in [1.807, 2.05) is 6.20 Å². The SMILES string of the molecule is C[C@]12CC[C@H]3[C@@H](CCC4n5ccnc5C=C[C@@]43C)[C@@H]1CC[C@@H]2C(=O)Nc1ccncn1. The Balaban J connectivity index is 1.26. The molecule has 6 rings (SSSR count). The summed E-state index contributed by atoms with van der Waals surface area (Å²) < 4.78 is 2.41. The molecule has 0 aromatic carbocycles. The van der Waals surface area contributed by atoms with Crippen LogP contribution in [0.5, 0.6) is 0 Å². The van der Waals surface area contributed by atoms with Crippen molar-refractivity contribution in [2.45, 2.75) is 58.4 Å². The fourth-order valence-electron chi connectivity index (χ4n) is 8.02. The fourth-order valence-corrected chi connectivity index (χ4v) is 8.02. The summed E-state index contributed by atoms with van der Waals surface area (Å²) in [6.07, 6.45) is 18.9. The highest BCUT2D eigenvalue weighted by atomic mass is 16.2. The van der Waals surface area contributed by atoms with E-state index in [9.17, 15) is 4.79 Å². The molecule has 3 fully saturated rings. The van der Waals surface area contributed by atoms with Gasteiger partial charge < -0.3 is 9.88 Å². The largest absolute Gasteiger partial charge is 0.328 e. The summed E-state index contributed by atoms with van der Waals surface area (Å²) in [6.45, 7) is 4.87. The summed E-state index contributed by atoms with van der Waals surface area (Å²) >= 11 is 0. The van der Waals surface area contributed by atoms with E-state index in [1.165, 1.54) is 32.0 Å². The maximum atomic E-state index is 13.2. The van der Waals surface area contributed by atoms with Crippen LogP contribution in [0.4, 0.5) is 5.82 Å². The second-order valence-electron chi connectivity index (χ2n) is 10.6. The number of fused-ring (bicyclic) bond motifs is 7. The van der Waals surface area contributed by atoms with Crippen molar-refractivity contribution in [1.29, 1.82) is 0 Å². The average molecular weight is 418 g/mol. The molecule has 2 aromatic rings. The fraction of sp³-hybridized carbons (Fsp3) is 0.600. The van der Waals surface area contributed by atoms with E-state index in [0.29, 0.717) is 29.6 Å². The van der Waals surface area contributed by atoms with Gasteiger partial charge in [-0.25, -0.2) is 15.0 Å². The third-order valence-corrected chi connectivity index (χ3v) is 9.50. The van der Waals surface area contributed by atoms with Gasteiger partial charge in [0.2, 0.25) is 5.91 Å². The van der Waals surface area contributed by atoms with Gasteiger partial charge in [-0.15, -0.1) is 0 Å². The van der Waals surface area contributed by atoms with Crippen LogP contribution in [0.2, 0.25) is 0 Å². The first-order valence-corrected chi connectivity index (χ1v) is 11.8. The molecule has 0 saturated heterocycles. The summed E-state index contributed by atoms with van der Waals surface area (Å²) in [6, 6.07) is 2.28. The van der Waals surface area contributed by atoms with E-state index in [0.717, 1.165) is 18.7 Å². The van der Waals surface area contributed by atoms with Gasteiger partial charge in [-0.2, -0.15) is 0 Å². The van der Waals surface area contributed by atoms with Crippen molar-refractivity contribution in [2.24, 2.45) is 34.5 Å². The summed E-state index contributed by atoms with van der Waals surface area (Å²) in [7, 11) is 0. The zero-order chi connectivity index (χ0) is 21.2. The molecule has 2 aromatic heterocycles. The van der Waals surface area contributed by atoms with E-state index < -0.39 is 0 Å². The highest BCUT2D eigenvalue weighted by Crippen LogP contribution is 2.67. The van der Waals surface area contributed by atoms with Crippen LogP contribution in [-0.4, -0.2) is 25.4 Å². The Morgan fingerprint density at radius 2 is 2.00 bits per heavy atom. The molecule has 0 bridgehead atoms. The summed E-state index contributed by atoms with van der Waals surface area (Å²) in [5.41, 5.74) is 0.263. The first-order chi connectivity index (χ1) is 15.0. The molecule has 6 heteroatoms. The van der Waals surface area contributed by atoms with Crippen molar-refractivity contribution < 1.29 is 4.79 Å². The minimum absolute atomic E-state index is 0.0705. The highest BCUT2D eigenvalue weighted by molar-refractivity contribution is 5.92. The number of nitrogens with one attached hydrogen (secondary N) is 1. The molecule has 1 unspecified atom stereocenters. The minimum Gasteiger partial charge on any atom is -0.328 e. The van der Waals surface area contributed by atoms with E-state index in [2.05, 4.69) is 57.0 Å². The molecule has 1 aliphatic heterocycles. The average Bonchev–Trinajstić information content (AvgIpc) is 3.38. The van der Waals surface area contributed by atoms with Crippen molar-refractivity contribution in [2.75, 3.05) is 5.32 Å². The summed E-state index contributed by atoms with van der Waals surface area (Å²) in [4.78, 5) is 25.9. The molecule has 1 amide bonds. The molecule has 7 atom stereocenters. The van der Waals surface area contributed by atoms with Crippen LogP contribution in [0.3, 0.4) is 0 Å². The van der Waals surface area contributed by atoms with E-state index in [1.54, 1.807) is 12.3 Å². The number of amides is 1. The molecule has 6 nitrogen and oxygen atoms in total. The van der Waals surface area contributed by atoms with Crippen molar-refractivity contribution in [3.63, 3.8) is 0 Å². The van der Waals surface area contributed by atoms with Gasteiger partial charge in [0, 0.05) is 36.0 Å². The number of carbonyl (C=O) groups is 1. The Morgan fingerprint density at radius 3 is 2.84 bits per heavy atom. The molecule has 4 aliphatic rings. The Kier molecular flexibility index (Phi) is 4.18. The zero-order valence-corrected chi connectivity index (χ0v) is 18.4. The second-order valence-corrected chi connectivity index (χ2v) is 10.6. The van der Waals surface area contributed by atoms with Crippen LogP contribution in [-0.2, 0) is 4.79 Å². The van der Waals surface area contributed by atoms with Gasteiger partial charge in [-0.3, -0.25) is 4.79 Å². The van der Waals surface area contributed by atoms with Gasteiger partial charge >= 0.3 is 0 Å². The lowest BCUT2D eigenvalue weighted by Gasteiger charge is -2.59. The van der Waals surface area contributed by atoms with Crippen LogP contribution >= 0.6 is 0 Å².